The topological polar surface area (TPSA) is 38.5 Å². The van der Waals surface area contributed by atoms with Gasteiger partial charge in [-0.05, 0) is 25.0 Å². The van der Waals surface area contributed by atoms with Gasteiger partial charge >= 0.3 is 0 Å². The summed E-state index contributed by atoms with van der Waals surface area (Å²) < 4.78 is 10.8. The van der Waals surface area contributed by atoms with Gasteiger partial charge in [-0.2, -0.15) is 0 Å². The summed E-state index contributed by atoms with van der Waals surface area (Å²) in [6.45, 7) is 0.996. The lowest BCUT2D eigenvalue weighted by atomic mass is 10.3. The predicted octanol–water partition coefficient (Wildman–Crippen LogP) is 2.40. The van der Waals surface area contributed by atoms with Gasteiger partial charge in [0.2, 0.25) is 0 Å². The highest BCUT2D eigenvalue weighted by atomic mass is 16.5. The van der Waals surface area contributed by atoms with Crippen molar-refractivity contribution in [2.75, 3.05) is 18.6 Å². The molecule has 0 unspecified atom stereocenters. The number of nitrogens with zero attached hydrogens (tertiary/aromatic N) is 2. The van der Waals surface area contributed by atoms with Crippen LogP contribution < -0.4 is 4.90 Å². The van der Waals surface area contributed by atoms with Crippen molar-refractivity contribution >= 4 is 16.8 Å². The van der Waals surface area contributed by atoms with Crippen molar-refractivity contribution in [1.29, 1.82) is 0 Å². The zero-order valence-corrected chi connectivity index (χ0v) is 9.22. The van der Waals surface area contributed by atoms with Crippen molar-refractivity contribution in [3.05, 3.63) is 24.6 Å². The predicted molar refractivity (Wildman–Crippen MR) is 61.4 cm³/mol. The summed E-state index contributed by atoms with van der Waals surface area (Å²) in [4.78, 5) is 6.65. The van der Waals surface area contributed by atoms with Crippen molar-refractivity contribution in [3.8, 4) is 0 Å². The molecule has 84 valence electrons. The second-order valence-electron chi connectivity index (χ2n) is 3.99. The van der Waals surface area contributed by atoms with Crippen LogP contribution in [0.15, 0.2) is 29.0 Å². The fourth-order valence-electron chi connectivity index (χ4n) is 2.33. The molecule has 3 rings (SSSR count). The molecule has 0 spiro atoms. The minimum absolute atomic E-state index is 0.146. The number of ether oxygens (including phenoxy) is 1. The summed E-state index contributed by atoms with van der Waals surface area (Å²) in [5, 5.41) is 1.06. The maximum Gasteiger partial charge on any atom is 0.141 e. The molecule has 1 fully saturated rings. The van der Waals surface area contributed by atoms with Crippen LogP contribution in [0.5, 0.6) is 0 Å². The Morgan fingerprint density at radius 3 is 3.31 bits per heavy atom. The molecule has 0 aliphatic carbocycles. The standard InChI is InChI=1S/C12H14N2O2/c1-15-11-3-2-7-14(11)12-9-5-8-16-10(9)4-6-13-12/h4-6,8,11H,2-3,7H2,1H3/t11-/m1/s1. The first-order chi connectivity index (χ1) is 7.90. The highest BCUT2D eigenvalue weighted by molar-refractivity contribution is 5.88. The van der Waals surface area contributed by atoms with E-state index in [4.69, 9.17) is 9.15 Å². The van der Waals surface area contributed by atoms with E-state index in [1.807, 2.05) is 12.1 Å². The van der Waals surface area contributed by atoms with Crippen LogP contribution >= 0.6 is 0 Å². The van der Waals surface area contributed by atoms with Crippen LogP contribution in [-0.2, 0) is 4.74 Å². The van der Waals surface area contributed by atoms with Gasteiger partial charge in [0.15, 0.2) is 0 Å². The first kappa shape index (κ1) is 9.66. The third-order valence-electron chi connectivity index (χ3n) is 3.10. The molecule has 0 bridgehead atoms. The lowest BCUT2D eigenvalue weighted by molar-refractivity contribution is 0.111. The van der Waals surface area contributed by atoms with Gasteiger partial charge in [-0.25, -0.2) is 4.98 Å². The van der Waals surface area contributed by atoms with Crippen molar-refractivity contribution < 1.29 is 9.15 Å². The van der Waals surface area contributed by atoms with Gasteiger partial charge in [0.05, 0.1) is 11.6 Å². The van der Waals surface area contributed by atoms with E-state index >= 15 is 0 Å². The molecule has 1 aliphatic rings. The smallest absolute Gasteiger partial charge is 0.141 e. The third-order valence-corrected chi connectivity index (χ3v) is 3.10. The lowest BCUT2D eigenvalue weighted by Gasteiger charge is -2.24. The number of methoxy groups -OCH3 is 1. The number of furan rings is 1. The number of pyridine rings is 1. The zero-order chi connectivity index (χ0) is 11.0. The average Bonchev–Trinajstić information content (AvgIpc) is 2.96. The van der Waals surface area contributed by atoms with Crippen molar-refractivity contribution in [3.63, 3.8) is 0 Å². The van der Waals surface area contributed by atoms with Crippen molar-refractivity contribution in [2.45, 2.75) is 19.1 Å². The number of hydrogen-bond donors (Lipinski definition) is 0. The molecule has 0 N–H and O–H groups in total. The van der Waals surface area contributed by atoms with Gasteiger partial charge in [-0.15, -0.1) is 0 Å². The summed E-state index contributed by atoms with van der Waals surface area (Å²) in [7, 11) is 1.75. The van der Waals surface area contributed by atoms with E-state index in [0.29, 0.717) is 0 Å². The molecule has 3 heterocycles. The largest absolute Gasteiger partial charge is 0.464 e. The molecule has 1 atom stereocenters. The van der Waals surface area contributed by atoms with Gasteiger partial charge in [0, 0.05) is 19.9 Å². The highest BCUT2D eigenvalue weighted by Gasteiger charge is 2.26. The molecular formula is C12H14N2O2. The number of rotatable bonds is 2. The average molecular weight is 218 g/mol. The minimum Gasteiger partial charge on any atom is -0.464 e. The number of fused-ring (bicyclic) bond motifs is 1. The Hall–Kier alpha value is -1.55. The minimum atomic E-state index is 0.146. The first-order valence-electron chi connectivity index (χ1n) is 5.52. The molecular weight excluding hydrogens is 204 g/mol. The number of anilines is 1. The van der Waals surface area contributed by atoms with Gasteiger partial charge in [0.1, 0.15) is 17.6 Å². The van der Waals surface area contributed by atoms with E-state index in [1.165, 1.54) is 0 Å². The Kier molecular flexibility index (Phi) is 2.29. The van der Waals surface area contributed by atoms with Crippen molar-refractivity contribution in [1.82, 2.24) is 4.98 Å². The third kappa shape index (κ3) is 1.38. The molecule has 0 saturated carbocycles. The van der Waals surface area contributed by atoms with E-state index in [0.717, 1.165) is 36.2 Å². The summed E-state index contributed by atoms with van der Waals surface area (Å²) in [5.41, 5.74) is 0.881. The monoisotopic (exact) mass is 218 g/mol. The Balaban J connectivity index is 2.07. The van der Waals surface area contributed by atoms with E-state index < -0.39 is 0 Å². The van der Waals surface area contributed by atoms with Crippen LogP contribution in [-0.4, -0.2) is 24.9 Å². The summed E-state index contributed by atoms with van der Waals surface area (Å²) in [6.07, 6.45) is 5.84. The molecule has 0 radical (unpaired) electrons. The molecule has 2 aromatic heterocycles. The van der Waals surface area contributed by atoms with Crippen LogP contribution in [0, 0.1) is 0 Å². The molecule has 2 aromatic rings. The summed E-state index contributed by atoms with van der Waals surface area (Å²) >= 11 is 0. The highest BCUT2D eigenvalue weighted by Crippen LogP contribution is 2.30. The molecule has 1 saturated heterocycles. The Labute approximate surface area is 93.8 Å². The fraction of sp³-hybridized carbons (Fsp3) is 0.417. The van der Waals surface area contributed by atoms with E-state index in [2.05, 4.69) is 9.88 Å². The second-order valence-corrected chi connectivity index (χ2v) is 3.99. The van der Waals surface area contributed by atoms with E-state index in [9.17, 15) is 0 Å². The number of hydrogen-bond acceptors (Lipinski definition) is 4. The van der Waals surface area contributed by atoms with E-state index in [1.54, 1.807) is 19.6 Å². The second kappa shape index (κ2) is 3.79. The van der Waals surface area contributed by atoms with Gasteiger partial charge in [-0.1, -0.05) is 0 Å². The molecule has 4 nitrogen and oxygen atoms in total. The number of aromatic nitrogens is 1. The molecule has 4 heteroatoms. The van der Waals surface area contributed by atoms with Crippen LogP contribution in [0.25, 0.3) is 11.0 Å². The molecule has 1 aliphatic heterocycles. The first-order valence-corrected chi connectivity index (χ1v) is 5.52. The summed E-state index contributed by atoms with van der Waals surface area (Å²) in [6, 6.07) is 3.85. The van der Waals surface area contributed by atoms with Crippen LogP contribution in [0.1, 0.15) is 12.8 Å². The fourth-order valence-corrected chi connectivity index (χ4v) is 2.33. The lowest BCUT2D eigenvalue weighted by Crippen LogP contribution is -2.31. The van der Waals surface area contributed by atoms with Crippen LogP contribution in [0.2, 0.25) is 0 Å². The zero-order valence-electron chi connectivity index (χ0n) is 9.22. The van der Waals surface area contributed by atoms with Crippen LogP contribution in [0.4, 0.5) is 5.82 Å². The van der Waals surface area contributed by atoms with Gasteiger partial charge < -0.3 is 14.1 Å². The summed E-state index contributed by atoms with van der Waals surface area (Å²) in [5.74, 6) is 0.968. The Morgan fingerprint density at radius 2 is 2.44 bits per heavy atom. The Bertz CT molecular complexity index is 494. The van der Waals surface area contributed by atoms with Crippen molar-refractivity contribution in [2.24, 2.45) is 0 Å². The Morgan fingerprint density at radius 1 is 1.50 bits per heavy atom. The quantitative estimate of drug-likeness (QED) is 0.775. The molecule has 0 aromatic carbocycles. The molecule has 0 amide bonds. The van der Waals surface area contributed by atoms with E-state index in [-0.39, 0.29) is 6.23 Å². The van der Waals surface area contributed by atoms with Crippen LogP contribution in [0.3, 0.4) is 0 Å². The molecule has 16 heavy (non-hydrogen) atoms. The maximum absolute atomic E-state index is 5.46. The normalized spacial score (nSPS) is 20.8. The SMILES string of the molecule is CO[C@@H]1CCCN1c1nccc2occc12. The maximum atomic E-state index is 5.46. The van der Waals surface area contributed by atoms with Gasteiger partial charge in [0.25, 0.3) is 0 Å². The van der Waals surface area contributed by atoms with Gasteiger partial charge in [-0.3, -0.25) is 0 Å².